The van der Waals surface area contributed by atoms with E-state index in [2.05, 4.69) is 39.0 Å². The molecule has 1 aliphatic rings. The molecule has 0 saturated carbocycles. The highest BCUT2D eigenvalue weighted by Crippen LogP contribution is 2.37. The van der Waals surface area contributed by atoms with E-state index in [0.717, 1.165) is 12.1 Å². The van der Waals surface area contributed by atoms with Gasteiger partial charge in [-0.2, -0.15) is 0 Å². The molecule has 2 amide bonds. The minimum absolute atomic E-state index is 0.182. The Hall–Kier alpha value is -3.91. The predicted octanol–water partition coefficient (Wildman–Crippen LogP) is 4.37. The Bertz CT molecular complexity index is 1360. The number of nitrogens with one attached hydrogen (secondary N) is 2. The first kappa shape index (κ1) is 21.0. The van der Waals surface area contributed by atoms with Gasteiger partial charge in [-0.05, 0) is 59.0 Å². The van der Waals surface area contributed by atoms with Gasteiger partial charge < -0.3 is 15.2 Å². The Morgan fingerprint density at radius 1 is 0.939 bits per heavy atom. The van der Waals surface area contributed by atoms with Crippen molar-refractivity contribution in [3.63, 3.8) is 0 Å². The van der Waals surface area contributed by atoms with Crippen LogP contribution in [-0.2, 0) is 18.3 Å². The quantitative estimate of drug-likeness (QED) is 0.371. The van der Waals surface area contributed by atoms with Crippen LogP contribution in [0.25, 0.3) is 11.1 Å². The van der Waals surface area contributed by atoms with Gasteiger partial charge in [0.05, 0.1) is 5.75 Å². The highest BCUT2D eigenvalue weighted by Gasteiger charge is 2.18. The number of carbonyl (C=O) groups excluding carboxylic acids is 2. The zero-order chi connectivity index (χ0) is 22.8. The molecule has 1 heterocycles. The van der Waals surface area contributed by atoms with Crippen LogP contribution in [0.1, 0.15) is 21.5 Å². The summed E-state index contributed by atoms with van der Waals surface area (Å²) in [5, 5.41) is 14.2. The van der Waals surface area contributed by atoms with Crippen LogP contribution in [0.15, 0.2) is 78.2 Å². The van der Waals surface area contributed by atoms with Crippen LogP contribution in [0, 0.1) is 0 Å². The Balaban J connectivity index is 1.23. The summed E-state index contributed by atoms with van der Waals surface area (Å²) in [5.74, 6) is -0.214. The van der Waals surface area contributed by atoms with Crippen LogP contribution < -0.4 is 10.6 Å². The van der Waals surface area contributed by atoms with Crippen molar-refractivity contribution in [1.82, 2.24) is 14.8 Å². The smallest absolute Gasteiger partial charge is 0.255 e. The second kappa shape index (κ2) is 8.91. The molecule has 4 aromatic rings. The van der Waals surface area contributed by atoms with Crippen LogP contribution in [0.5, 0.6) is 0 Å². The van der Waals surface area contributed by atoms with E-state index in [9.17, 15) is 9.59 Å². The van der Waals surface area contributed by atoms with Gasteiger partial charge in [0.15, 0.2) is 5.16 Å². The van der Waals surface area contributed by atoms with Crippen LogP contribution in [0.4, 0.5) is 11.4 Å². The third-order valence-electron chi connectivity index (χ3n) is 5.46. The number of rotatable bonds is 6. The number of aryl methyl sites for hydroxylation is 1. The molecule has 0 spiro atoms. The Kier molecular flexibility index (Phi) is 5.66. The molecule has 1 aliphatic carbocycles. The van der Waals surface area contributed by atoms with Crippen molar-refractivity contribution in [2.75, 3.05) is 16.4 Å². The first-order chi connectivity index (χ1) is 16.1. The van der Waals surface area contributed by atoms with Crippen LogP contribution in [-0.4, -0.2) is 32.3 Å². The lowest BCUT2D eigenvalue weighted by molar-refractivity contribution is -0.113. The molecule has 0 unspecified atom stereocenters. The molecule has 2 N–H and O–H groups in total. The number of fused-ring (bicyclic) bond motifs is 3. The molecule has 7 nitrogen and oxygen atoms in total. The normalized spacial score (nSPS) is 11.5. The van der Waals surface area contributed by atoms with Gasteiger partial charge in [-0.25, -0.2) is 0 Å². The number of aromatic nitrogens is 3. The average molecular weight is 456 g/mol. The number of thioether (sulfide) groups is 1. The number of carbonyl (C=O) groups is 2. The van der Waals surface area contributed by atoms with Crippen LogP contribution in [0.2, 0.25) is 0 Å². The van der Waals surface area contributed by atoms with Gasteiger partial charge in [-0.3, -0.25) is 9.59 Å². The lowest BCUT2D eigenvalue weighted by atomic mass is 10.1. The lowest BCUT2D eigenvalue weighted by Crippen LogP contribution is -2.16. The van der Waals surface area contributed by atoms with Crippen LogP contribution in [0.3, 0.4) is 0 Å². The Labute approximate surface area is 195 Å². The van der Waals surface area contributed by atoms with Gasteiger partial charge in [-0.1, -0.05) is 48.2 Å². The highest BCUT2D eigenvalue weighted by molar-refractivity contribution is 7.99. The Morgan fingerprint density at radius 3 is 2.61 bits per heavy atom. The number of amides is 2. The third-order valence-corrected chi connectivity index (χ3v) is 6.50. The second-order valence-electron chi connectivity index (χ2n) is 7.80. The second-order valence-corrected chi connectivity index (χ2v) is 8.74. The van der Waals surface area contributed by atoms with Gasteiger partial charge in [0.2, 0.25) is 5.91 Å². The molecule has 0 atom stereocenters. The molecule has 3 aromatic carbocycles. The summed E-state index contributed by atoms with van der Waals surface area (Å²) >= 11 is 1.30. The third kappa shape index (κ3) is 4.51. The summed E-state index contributed by atoms with van der Waals surface area (Å²) in [5.41, 5.74) is 6.76. The van der Waals surface area contributed by atoms with E-state index in [4.69, 9.17) is 0 Å². The van der Waals surface area contributed by atoms with E-state index >= 15 is 0 Å². The van der Waals surface area contributed by atoms with E-state index < -0.39 is 0 Å². The molecule has 5 rings (SSSR count). The standard InChI is InChI=1S/C25H21N5O2S/c1-30-15-26-29-25(30)33-14-23(31)27-19-7-4-6-17(12-19)24(32)28-20-9-10-22-18(13-20)11-16-5-2-3-8-21(16)22/h2-10,12-13,15H,11,14H2,1H3,(H,27,31)(H,28,32). The van der Waals surface area contributed by atoms with Crippen molar-refractivity contribution in [3.05, 3.63) is 89.7 Å². The summed E-state index contributed by atoms with van der Waals surface area (Å²) in [6, 6.07) is 21.3. The zero-order valence-corrected chi connectivity index (χ0v) is 18.7. The van der Waals surface area contributed by atoms with Gasteiger partial charge >= 0.3 is 0 Å². The fraction of sp³-hybridized carbons (Fsp3) is 0.120. The molecule has 0 aliphatic heterocycles. The summed E-state index contributed by atoms with van der Waals surface area (Å²) in [6.07, 6.45) is 2.45. The number of hydrogen-bond donors (Lipinski definition) is 2. The molecule has 33 heavy (non-hydrogen) atoms. The molecule has 0 bridgehead atoms. The summed E-state index contributed by atoms with van der Waals surface area (Å²) in [7, 11) is 1.82. The number of anilines is 2. The number of nitrogens with zero attached hydrogens (tertiary/aromatic N) is 3. The molecule has 0 radical (unpaired) electrons. The van der Waals surface area contributed by atoms with Crippen LogP contribution >= 0.6 is 11.8 Å². The summed E-state index contributed by atoms with van der Waals surface area (Å²) in [4.78, 5) is 25.1. The zero-order valence-electron chi connectivity index (χ0n) is 17.9. The Morgan fingerprint density at radius 2 is 1.76 bits per heavy atom. The van der Waals surface area contributed by atoms with Crippen molar-refractivity contribution < 1.29 is 9.59 Å². The van der Waals surface area contributed by atoms with Crippen molar-refractivity contribution in [1.29, 1.82) is 0 Å². The van der Waals surface area contributed by atoms with Crippen molar-refractivity contribution in [2.45, 2.75) is 11.6 Å². The first-order valence-corrected chi connectivity index (χ1v) is 11.4. The van der Waals surface area contributed by atoms with E-state index in [1.807, 2.05) is 31.3 Å². The largest absolute Gasteiger partial charge is 0.325 e. The van der Waals surface area contributed by atoms with Gasteiger partial charge in [0.25, 0.3) is 5.91 Å². The minimum atomic E-state index is -0.227. The maximum Gasteiger partial charge on any atom is 0.255 e. The molecule has 1 aromatic heterocycles. The summed E-state index contributed by atoms with van der Waals surface area (Å²) < 4.78 is 1.75. The topological polar surface area (TPSA) is 88.9 Å². The van der Waals surface area contributed by atoms with E-state index in [1.165, 1.54) is 34.0 Å². The predicted molar refractivity (Wildman–Crippen MR) is 129 cm³/mol. The summed E-state index contributed by atoms with van der Waals surface area (Å²) in [6.45, 7) is 0. The highest BCUT2D eigenvalue weighted by atomic mass is 32.2. The van der Waals surface area contributed by atoms with E-state index in [-0.39, 0.29) is 17.6 Å². The molecular weight excluding hydrogens is 434 g/mol. The van der Waals surface area contributed by atoms with Crippen molar-refractivity contribution >= 4 is 35.0 Å². The van der Waals surface area contributed by atoms with Crippen molar-refractivity contribution in [3.8, 4) is 11.1 Å². The number of hydrogen-bond acceptors (Lipinski definition) is 5. The first-order valence-electron chi connectivity index (χ1n) is 10.5. The lowest BCUT2D eigenvalue weighted by Gasteiger charge is -2.10. The fourth-order valence-corrected chi connectivity index (χ4v) is 4.58. The van der Waals surface area contributed by atoms with E-state index in [1.54, 1.807) is 35.2 Å². The van der Waals surface area contributed by atoms with Gasteiger partial charge in [0.1, 0.15) is 6.33 Å². The monoisotopic (exact) mass is 455 g/mol. The van der Waals surface area contributed by atoms with E-state index in [0.29, 0.717) is 16.4 Å². The van der Waals surface area contributed by atoms with Gasteiger partial charge in [-0.15, -0.1) is 10.2 Å². The SMILES string of the molecule is Cn1cnnc1SCC(=O)Nc1cccc(C(=O)Nc2ccc3c(c2)Cc2ccccc2-3)c1. The average Bonchev–Trinajstić information content (AvgIpc) is 3.40. The molecule has 164 valence electrons. The molecular formula is C25H21N5O2S. The maximum atomic E-state index is 12.8. The maximum absolute atomic E-state index is 12.8. The number of benzene rings is 3. The van der Waals surface area contributed by atoms with Gasteiger partial charge in [0, 0.05) is 24.0 Å². The molecule has 0 saturated heterocycles. The minimum Gasteiger partial charge on any atom is -0.325 e. The fourth-order valence-electron chi connectivity index (χ4n) is 3.89. The molecule has 0 fully saturated rings. The molecule has 8 heteroatoms. The van der Waals surface area contributed by atoms with Crippen molar-refractivity contribution in [2.24, 2.45) is 7.05 Å².